The molecule has 0 bridgehead atoms. The molecule has 3 rings (SSSR count). The van der Waals surface area contributed by atoms with Gasteiger partial charge in [-0.1, -0.05) is 60.1 Å². The maximum Gasteiger partial charge on any atom is 0.306 e. The Labute approximate surface area is 159 Å². The number of benzene rings is 2. The number of halogens is 1. The Balaban J connectivity index is 1.39. The molecular weight excluding hydrogens is 350 g/mol. The van der Waals surface area contributed by atoms with E-state index in [-0.39, 0.29) is 12.1 Å². The Hall–Kier alpha value is -1.88. The van der Waals surface area contributed by atoms with Gasteiger partial charge in [0.05, 0.1) is 6.61 Å². The molecule has 1 atom stereocenters. The van der Waals surface area contributed by atoms with Crippen molar-refractivity contribution in [3.8, 4) is 0 Å². The Bertz CT molecular complexity index is 707. The minimum absolute atomic E-state index is 0.0725. The molecule has 0 radical (unpaired) electrons. The van der Waals surface area contributed by atoms with E-state index in [2.05, 4.69) is 17.0 Å². The van der Waals surface area contributed by atoms with Crippen LogP contribution in [0.5, 0.6) is 0 Å². The summed E-state index contributed by atoms with van der Waals surface area (Å²) in [6, 6.07) is 17.9. The smallest absolute Gasteiger partial charge is 0.306 e. The van der Waals surface area contributed by atoms with Gasteiger partial charge in [-0.15, -0.1) is 0 Å². The number of morpholine rings is 1. The number of hydrogen-bond donors (Lipinski definition) is 0. The number of aryl methyl sites for hydroxylation is 1. The molecule has 0 aromatic heterocycles. The van der Waals surface area contributed by atoms with Crippen molar-refractivity contribution >= 4 is 17.6 Å². The van der Waals surface area contributed by atoms with Gasteiger partial charge in [-0.2, -0.15) is 0 Å². The maximum absolute atomic E-state index is 12.0. The number of nitrogens with zero attached hydrogens (tertiary/aromatic N) is 1. The monoisotopic (exact) mass is 373 g/mol. The van der Waals surface area contributed by atoms with Crippen molar-refractivity contribution in [2.45, 2.75) is 25.5 Å². The fraction of sp³-hybridized carbons (Fsp3) is 0.381. The highest BCUT2D eigenvalue weighted by molar-refractivity contribution is 6.31. The zero-order valence-corrected chi connectivity index (χ0v) is 15.5. The molecular formula is C21H24ClNO3. The Morgan fingerprint density at radius 1 is 1.15 bits per heavy atom. The van der Waals surface area contributed by atoms with Crippen LogP contribution >= 0.6 is 11.6 Å². The third-order valence-electron chi connectivity index (χ3n) is 4.46. The second-order valence-electron chi connectivity index (χ2n) is 6.49. The second kappa shape index (κ2) is 9.72. The first-order valence-electron chi connectivity index (χ1n) is 8.97. The van der Waals surface area contributed by atoms with Gasteiger partial charge in [0.15, 0.2) is 0 Å². The van der Waals surface area contributed by atoms with Gasteiger partial charge < -0.3 is 9.47 Å². The van der Waals surface area contributed by atoms with Crippen LogP contribution in [0, 0.1) is 0 Å². The number of hydrogen-bond acceptors (Lipinski definition) is 4. The maximum atomic E-state index is 12.0. The van der Waals surface area contributed by atoms with E-state index in [1.807, 2.05) is 42.5 Å². The lowest BCUT2D eigenvalue weighted by molar-refractivity contribution is -0.150. The molecule has 0 aliphatic carbocycles. The van der Waals surface area contributed by atoms with E-state index in [0.717, 1.165) is 25.2 Å². The van der Waals surface area contributed by atoms with Gasteiger partial charge in [0.1, 0.15) is 12.7 Å². The molecule has 0 saturated carbocycles. The molecule has 4 nitrogen and oxygen atoms in total. The van der Waals surface area contributed by atoms with Crippen molar-refractivity contribution in [3.05, 3.63) is 70.7 Å². The topological polar surface area (TPSA) is 38.8 Å². The zero-order chi connectivity index (χ0) is 18.2. The van der Waals surface area contributed by atoms with E-state index in [4.69, 9.17) is 21.1 Å². The Morgan fingerprint density at radius 2 is 1.92 bits per heavy atom. The molecule has 2 aromatic rings. The zero-order valence-electron chi connectivity index (χ0n) is 14.8. The van der Waals surface area contributed by atoms with Crippen molar-refractivity contribution in [1.82, 2.24) is 4.90 Å². The molecule has 1 fully saturated rings. The van der Waals surface area contributed by atoms with E-state index in [0.29, 0.717) is 31.1 Å². The third kappa shape index (κ3) is 5.84. The highest BCUT2D eigenvalue weighted by Gasteiger charge is 2.22. The molecule has 5 heteroatoms. The normalized spacial score (nSPS) is 17.8. The van der Waals surface area contributed by atoms with Crippen molar-refractivity contribution in [3.63, 3.8) is 0 Å². The van der Waals surface area contributed by atoms with Gasteiger partial charge >= 0.3 is 5.97 Å². The number of rotatable bonds is 7. The average molecular weight is 374 g/mol. The fourth-order valence-electron chi connectivity index (χ4n) is 3.06. The van der Waals surface area contributed by atoms with Crippen LogP contribution in [0.25, 0.3) is 0 Å². The molecule has 0 spiro atoms. The average Bonchev–Trinajstić information content (AvgIpc) is 2.67. The number of carbonyl (C=O) groups excluding carboxylic acids is 1. The van der Waals surface area contributed by atoms with Crippen LogP contribution in [-0.4, -0.2) is 43.3 Å². The summed E-state index contributed by atoms with van der Waals surface area (Å²) in [6.45, 7) is 3.51. The summed E-state index contributed by atoms with van der Waals surface area (Å²) in [4.78, 5) is 14.3. The molecule has 1 aliphatic heterocycles. The second-order valence-corrected chi connectivity index (χ2v) is 6.90. The van der Waals surface area contributed by atoms with Crippen LogP contribution in [0.1, 0.15) is 17.5 Å². The lowest BCUT2D eigenvalue weighted by Gasteiger charge is -2.32. The van der Waals surface area contributed by atoms with Gasteiger partial charge in [-0.25, -0.2) is 0 Å². The fourth-order valence-corrected chi connectivity index (χ4v) is 3.29. The lowest BCUT2D eigenvalue weighted by atomic mass is 10.1. The minimum atomic E-state index is -0.214. The predicted octanol–water partition coefficient (Wildman–Crippen LogP) is 3.72. The molecule has 1 saturated heterocycles. The van der Waals surface area contributed by atoms with Gasteiger partial charge in [-0.3, -0.25) is 9.69 Å². The molecule has 26 heavy (non-hydrogen) atoms. The molecule has 1 aliphatic rings. The molecule has 1 unspecified atom stereocenters. The summed E-state index contributed by atoms with van der Waals surface area (Å²) in [5, 5.41) is 0.687. The van der Waals surface area contributed by atoms with Gasteiger partial charge in [-0.05, 0) is 23.6 Å². The van der Waals surface area contributed by atoms with Crippen LogP contribution in [0.4, 0.5) is 0 Å². The Morgan fingerprint density at radius 3 is 2.73 bits per heavy atom. The van der Waals surface area contributed by atoms with Crippen LogP contribution in [-0.2, 0) is 27.2 Å². The molecule has 2 aromatic carbocycles. The van der Waals surface area contributed by atoms with E-state index in [9.17, 15) is 4.79 Å². The van der Waals surface area contributed by atoms with E-state index >= 15 is 0 Å². The first-order chi connectivity index (χ1) is 12.7. The highest BCUT2D eigenvalue weighted by atomic mass is 35.5. The van der Waals surface area contributed by atoms with Crippen molar-refractivity contribution in [2.24, 2.45) is 0 Å². The summed E-state index contributed by atoms with van der Waals surface area (Å²) < 4.78 is 11.1. The molecule has 1 heterocycles. The predicted molar refractivity (Wildman–Crippen MR) is 102 cm³/mol. The summed E-state index contributed by atoms with van der Waals surface area (Å²) in [7, 11) is 0. The third-order valence-corrected chi connectivity index (χ3v) is 4.83. The summed E-state index contributed by atoms with van der Waals surface area (Å²) in [5.74, 6) is -0.214. The van der Waals surface area contributed by atoms with Crippen LogP contribution in [0.3, 0.4) is 0 Å². The summed E-state index contributed by atoms with van der Waals surface area (Å²) >= 11 is 6.11. The van der Waals surface area contributed by atoms with E-state index in [1.54, 1.807) is 0 Å². The molecule has 0 amide bonds. The van der Waals surface area contributed by atoms with Crippen LogP contribution < -0.4 is 0 Å². The quantitative estimate of drug-likeness (QED) is 0.693. The van der Waals surface area contributed by atoms with Crippen molar-refractivity contribution in [2.75, 3.05) is 26.3 Å². The number of carbonyl (C=O) groups is 1. The standard InChI is InChI=1S/C21H24ClNO3/c22-20-9-5-4-8-18(20)10-11-21(24)26-16-19-15-23(12-13-25-19)14-17-6-2-1-3-7-17/h1-9,19H,10-16H2. The van der Waals surface area contributed by atoms with E-state index < -0.39 is 0 Å². The van der Waals surface area contributed by atoms with Crippen LogP contribution in [0.2, 0.25) is 5.02 Å². The molecule has 0 N–H and O–H groups in total. The lowest BCUT2D eigenvalue weighted by Crippen LogP contribution is -2.44. The Kier molecular flexibility index (Phi) is 7.06. The first kappa shape index (κ1) is 18.9. The number of ether oxygens (including phenoxy) is 2. The first-order valence-corrected chi connectivity index (χ1v) is 9.35. The summed E-state index contributed by atoms with van der Waals surface area (Å²) in [6.07, 6.45) is 0.839. The largest absolute Gasteiger partial charge is 0.463 e. The summed E-state index contributed by atoms with van der Waals surface area (Å²) in [5.41, 5.74) is 2.25. The van der Waals surface area contributed by atoms with Gasteiger partial charge in [0.2, 0.25) is 0 Å². The minimum Gasteiger partial charge on any atom is -0.463 e. The van der Waals surface area contributed by atoms with Gasteiger partial charge in [0.25, 0.3) is 0 Å². The van der Waals surface area contributed by atoms with Crippen molar-refractivity contribution < 1.29 is 14.3 Å². The SMILES string of the molecule is O=C(CCc1ccccc1Cl)OCC1CN(Cc2ccccc2)CCO1. The van der Waals surface area contributed by atoms with Crippen LogP contribution in [0.15, 0.2) is 54.6 Å². The molecule has 138 valence electrons. The van der Waals surface area contributed by atoms with Gasteiger partial charge in [0, 0.05) is 31.1 Å². The van der Waals surface area contributed by atoms with Crippen molar-refractivity contribution in [1.29, 1.82) is 0 Å². The highest BCUT2D eigenvalue weighted by Crippen LogP contribution is 2.17. The van der Waals surface area contributed by atoms with E-state index in [1.165, 1.54) is 5.56 Å². The number of esters is 1.